The summed E-state index contributed by atoms with van der Waals surface area (Å²) in [4.78, 5) is 13.3. The van der Waals surface area contributed by atoms with E-state index in [0.29, 0.717) is 28.9 Å². The summed E-state index contributed by atoms with van der Waals surface area (Å²) < 4.78 is 27.1. The largest absolute Gasteiger partial charge is 0.493 e. The van der Waals surface area contributed by atoms with Crippen molar-refractivity contribution in [2.45, 2.75) is 38.6 Å². The highest BCUT2D eigenvalue weighted by atomic mass is 16.5. The third-order valence-electron chi connectivity index (χ3n) is 8.40. The number of para-hydroxylation sites is 1. The van der Waals surface area contributed by atoms with E-state index in [1.165, 1.54) is 43.5 Å². The molecule has 0 N–H and O–H groups in total. The second-order valence-electron chi connectivity index (χ2n) is 10.0. The molecule has 0 saturated heterocycles. The maximum Gasteiger partial charge on any atom is 0.338 e. The molecular formula is C30H33N2O5+. The van der Waals surface area contributed by atoms with Gasteiger partial charge in [0.1, 0.15) is 19.4 Å². The van der Waals surface area contributed by atoms with Crippen molar-refractivity contribution >= 4 is 28.8 Å². The van der Waals surface area contributed by atoms with Crippen molar-refractivity contribution in [1.29, 1.82) is 0 Å². The van der Waals surface area contributed by atoms with E-state index in [9.17, 15) is 4.79 Å². The van der Waals surface area contributed by atoms with Crippen molar-refractivity contribution in [2.75, 3.05) is 34.5 Å². The number of carbonyl (C=O) groups excluding carboxylic acids is 1. The topological polar surface area (TPSA) is 61.9 Å². The van der Waals surface area contributed by atoms with Gasteiger partial charge in [-0.15, -0.1) is 0 Å². The smallest absolute Gasteiger partial charge is 0.338 e. The Labute approximate surface area is 216 Å². The molecule has 0 saturated carbocycles. The Kier molecular flexibility index (Phi) is 5.74. The Morgan fingerprint density at radius 2 is 1.86 bits per heavy atom. The molecule has 0 aliphatic carbocycles. The zero-order valence-corrected chi connectivity index (χ0v) is 21.9. The van der Waals surface area contributed by atoms with Gasteiger partial charge in [0.15, 0.2) is 11.5 Å². The first-order chi connectivity index (χ1) is 18.0. The van der Waals surface area contributed by atoms with Gasteiger partial charge in [-0.1, -0.05) is 25.1 Å². The van der Waals surface area contributed by atoms with Gasteiger partial charge >= 0.3 is 5.97 Å². The monoisotopic (exact) mass is 501 g/mol. The first-order valence-electron chi connectivity index (χ1n) is 13.0. The van der Waals surface area contributed by atoms with E-state index in [2.05, 4.69) is 52.6 Å². The normalized spacial score (nSPS) is 21.6. The summed E-state index contributed by atoms with van der Waals surface area (Å²) in [6, 6.07) is 12.2. The van der Waals surface area contributed by atoms with Crippen LogP contribution in [0.15, 0.2) is 42.5 Å². The predicted molar refractivity (Wildman–Crippen MR) is 142 cm³/mol. The maximum atomic E-state index is 13.3. The van der Waals surface area contributed by atoms with Crippen LogP contribution >= 0.6 is 0 Å². The van der Waals surface area contributed by atoms with E-state index in [1.54, 1.807) is 12.1 Å². The van der Waals surface area contributed by atoms with Gasteiger partial charge in [0.05, 0.1) is 49.2 Å². The fourth-order valence-corrected chi connectivity index (χ4v) is 6.70. The van der Waals surface area contributed by atoms with Gasteiger partial charge in [0.25, 0.3) is 0 Å². The standard InChI is InChI=1S/C30H33N2O5/c1-5-30-12-8-13-31-14-11-22-21-9-6-7-10-23(21)32(26(22)28(30)31)20(17-30)18-37-29(33)19-15-24(34-2)27(36-4)25(16-19)35-3/h6-7,9-10,13,15-17,28H,5,8,11-12,14,18H2,1-4H3/q+1/t28-,30+/m1/s1. The van der Waals surface area contributed by atoms with Crippen molar-refractivity contribution in [1.82, 2.24) is 4.57 Å². The highest BCUT2D eigenvalue weighted by molar-refractivity contribution is 5.93. The second kappa shape index (κ2) is 8.98. The van der Waals surface area contributed by atoms with Crippen LogP contribution in [0.4, 0.5) is 0 Å². The molecule has 3 aliphatic rings. The molecular weight excluding hydrogens is 468 g/mol. The number of ether oxygens (including phenoxy) is 4. The minimum Gasteiger partial charge on any atom is -0.493 e. The summed E-state index contributed by atoms with van der Waals surface area (Å²) >= 11 is 0. The van der Waals surface area contributed by atoms with Crippen LogP contribution in [0, 0.1) is 5.41 Å². The molecule has 1 aromatic heterocycles. The third-order valence-corrected chi connectivity index (χ3v) is 8.40. The van der Waals surface area contributed by atoms with Crippen LogP contribution in [0.5, 0.6) is 17.2 Å². The number of nitrogens with zero attached hydrogens (tertiary/aromatic N) is 2. The first kappa shape index (κ1) is 23.6. The minimum atomic E-state index is -0.434. The van der Waals surface area contributed by atoms with E-state index in [1.807, 2.05) is 0 Å². The summed E-state index contributed by atoms with van der Waals surface area (Å²) in [6.45, 7) is 3.51. The minimum absolute atomic E-state index is 0.0165. The molecule has 0 fully saturated rings. The van der Waals surface area contributed by atoms with E-state index in [0.717, 1.165) is 37.9 Å². The van der Waals surface area contributed by atoms with Crippen LogP contribution in [0.25, 0.3) is 16.6 Å². The molecule has 7 nitrogen and oxygen atoms in total. The molecule has 0 unspecified atom stereocenters. The van der Waals surface area contributed by atoms with Crippen molar-refractivity contribution in [3.63, 3.8) is 0 Å². The van der Waals surface area contributed by atoms with Crippen LogP contribution in [-0.2, 0) is 11.2 Å². The SMILES string of the molecule is CC[C@@]12C=C(COC(=O)c3cc(OC)c(OC)c(OC)c3)n3c4c(c5ccccc53)CC[N+](=CCC1)[C@H]42. The lowest BCUT2D eigenvalue weighted by atomic mass is 9.67. The van der Waals surface area contributed by atoms with Crippen molar-refractivity contribution in [2.24, 2.45) is 5.41 Å². The number of hydrogen-bond acceptors (Lipinski definition) is 5. The van der Waals surface area contributed by atoms with Gasteiger partial charge in [-0.2, -0.15) is 0 Å². The van der Waals surface area contributed by atoms with E-state index < -0.39 is 5.97 Å². The number of esters is 1. The Bertz CT molecular complexity index is 1440. The number of rotatable bonds is 7. The summed E-state index contributed by atoms with van der Waals surface area (Å²) in [6.07, 6.45) is 9.01. The Balaban J connectivity index is 1.41. The fraction of sp³-hybridized carbons (Fsp3) is 0.400. The van der Waals surface area contributed by atoms with Crippen LogP contribution in [-0.4, -0.2) is 55.8 Å². The molecule has 7 heteroatoms. The lowest BCUT2D eigenvalue weighted by Crippen LogP contribution is -2.46. The lowest BCUT2D eigenvalue weighted by Gasteiger charge is -2.44. The maximum absolute atomic E-state index is 13.3. The molecule has 0 amide bonds. The first-order valence-corrected chi connectivity index (χ1v) is 13.0. The van der Waals surface area contributed by atoms with Gasteiger partial charge in [0, 0.05) is 18.2 Å². The quantitative estimate of drug-likeness (QED) is 0.327. The molecule has 3 aromatic rings. The zero-order chi connectivity index (χ0) is 25.7. The van der Waals surface area contributed by atoms with Gasteiger partial charge in [0.2, 0.25) is 11.8 Å². The Morgan fingerprint density at radius 1 is 1.11 bits per heavy atom. The number of carbonyl (C=O) groups is 1. The molecule has 2 atom stereocenters. The molecule has 0 bridgehead atoms. The summed E-state index contributed by atoms with van der Waals surface area (Å²) in [5.41, 5.74) is 5.38. The number of aromatic nitrogens is 1. The second-order valence-corrected chi connectivity index (χ2v) is 10.0. The van der Waals surface area contributed by atoms with Gasteiger partial charge in [-0.25, -0.2) is 9.37 Å². The number of hydrogen-bond donors (Lipinski definition) is 0. The number of fused-ring (bicyclic) bond motifs is 3. The van der Waals surface area contributed by atoms with Crippen molar-refractivity contribution in [3.8, 4) is 17.2 Å². The van der Waals surface area contributed by atoms with E-state index >= 15 is 0 Å². The lowest BCUT2D eigenvalue weighted by molar-refractivity contribution is -0.595. The molecule has 4 heterocycles. The summed E-state index contributed by atoms with van der Waals surface area (Å²) in [5.74, 6) is 0.846. The summed E-state index contributed by atoms with van der Waals surface area (Å²) in [7, 11) is 4.60. The van der Waals surface area contributed by atoms with Crippen molar-refractivity contribution < 1.29 is 28.3 Å². The van der Waals surface area contributed by atoms with Crippen LogP contribution in [0.1, 0.15) is 53.8 Å². The number of benzene rings is 2. The Hall–Kier alpha value is -3.74. The molecule has 37 heavy (non-hydrogen) atoms. The molecule has 0 radical (unpaired) electrons. The predicted octanol–water partition coefficient (Wildman–Crippen LogP) is 5.25. The fourth-order valence-electron chi connectivity index (χ4n) is 6.70. The summed E-state index contributed by atoms with van der Waals surface area (Å²) in [5, 5.41) is 1.30. The van der Waals surface area contributed by atoms with Crippen LogP contribution in [0.3, 0.4) is 0 Å². The van der Waals surface area contributed by atoms with Gasteiger partial charge < -0.3 is 23.5 Å². The van der Waals surface area contributed by atoms with Gasteiger partial charge in [-0.3, -0.25) is 0 Å². The van der Waals surface area contributed by atoms with Crippen molar-refractivity contribution in [3.05, 3.63) is 59.3 Å². The third kappa shape index (κ3) is 3.47. The molecule has 2 aromatic carbocycles. The highest BCUT2D eigenvalue weighted by Crippen LogP contribution is 2.55. The van der Waals surface area contributed by atoms with Crippen LogP contribution in [0.2, 0.25) is 0 Å². The van der Waals surface area contributed by atoms with E-state index in [-0.39, 0.29) is 12.0 Å². The highest BCUT2D eigenvalue weighted by Gasteiger charge is 2.53. The average molecular weight is 502 g/mol. The van der Waals surface area contributed by atoms with E-state index in [4.69, 9.17) is 18.9 Å². The van der Waals surface area contributed by atoms with Gasteiger partial charge in [-0.05, 0) is 42.7 Å². The molecule has 0 spiro atoms. The Morgan fingerprint density at radius 3 is 2.57 bits per heavy atom. The molecule has 192 valence electrons. The average Bonchev–Trinajstić information content (AvgIpc) is 3.29. The molecule has 6 rings (SSSR count). The zero-order valence-electron chi connectivity index (χ0n) is 21.9. The van der Waals surface area contributed by atoms with Crippen LogP contribution < -0.4 is 14.2 Å². The number of methoxy groups -OCH3 is 3. The molecule has 3 aliphatic heterocycles.